The maximum atomic E-state index is 3.84. The average molecular weight is 208 g/mol. The van der Waals surface area contributed by atoms with E-state index in [9.17, 15) is 0 Å². The SMILES string of the molecule is C[N-]c1ccc(C)nn1.[Rb+]. The van der Waals surface area contributed by atoms with Crippen LogP contribution in [-0.4, -0.2) is 17.2 Å². The molecule has 0 aliphatic carbocycles. The summed E-state index contributed by atoms with van der Waals surface area (Å²) in [5, 5.41) is 11.4. The van der Waals surface area contributed by atoms with Gasteiger partial charge in [-0.25, -0.2) is 0 Å². The molecule has 48 valence electrons. The number of hydrogen-bond acceptors (Lipinski definition) is 2. The first-order chi connectivity index (χ1) is 4.33. The van der Waals surface area contributed by atoms with Gasteiger partial charge in [-0.2, -0.15) is 0 Å². The van der Waals surface area contributed by atoms with Crippen LogP contribution in [0.5, 0.6) is 0 Å². The van der Waals surface area contributed by atoms with Gasteiger partial charge in [-0.15, -0.1) is 0 Å². The van der Waals surface area contributed by atoms with Crippen molar-refractivity contribution in [2.24, 2.45) is 0 Å². The van der Waals surface area contributed by atoms with Crippen LogP contribution >= 0.6 is 0 Å². The third-order valence-corrected chi connectivity index (χ3v) is 1.01. The van der Waals surface area contributed by atoms with Crippen molar-refractivity contribution in [3.05, 3.63) is 23.1 Å². The molecular formula is C6H8N3Rb. The molecular weight excluding hydrogens is 200 g/mol. The van der Waals surface area contributed by atoms with Crippen molar-refractivity contribution in [3.8, 4) is 0 Å². The van der Waals surface area contributed by atoms with Crippen molar-refractivity contribution < 1.29 is 58.2 Å². The van der Waals surface area contributed by atoms with Crippen molar-refractivity contribution in [1.29, 1.82) is 0 Å². The summed E-state index contributed by atoms with van der Waals surface area (Å²) in [6.07, 6.45) is 0. The number of nitrogens with zero attached hydrogens (tertiary/aromatic N) is 3. The van der Waals surface area contributed by atoms with Gasteiger partial charge in [0.25, 0.3) is 0 Å². The van der Waals surface area contributed by atoms with Crippen LogP contribution in [0.15, 0.2) is 12.1 Å². The van der Waals surface area contributed by atoms with E-state index in [1.165, 1.54) is 0 Å². The first kappa shape index (κ1) is 10.7. The van der Waals surface area contributed by atoms with Crippen LogP contribution in [0.2, 0.25) is 0 Å². The molecule has 0 aromatic carbocycles. The van der Waals surface area contributed by atoms with Gasteiger partial charge >= 0.3 is 58.2 Å². The summed E-state index contributed by atoms with van der Waals surface area (Å²) in [7, 11) is 1.69. The topological polar surface area (TPSA) is 39.9 Å². The van der Waals surface area contributed by atoms with Gasteiger partial charge in [0.05, 0.1) is 0 Å². The Bertz CT molecular complexity index is 185. The van der Waals surface area contributed by atoms with E-state index in [4.69, 9.17) is 0 Å². The molecule has 0 aliphatic rings. The van der Waals surface area contributed by atoms with Crippen LogP contribution in [0.1, 0.15) is 5.69 Å². The van der Waals surface area contributed by atoms with Crippen molar-refractivity contribution in [3.63, 3.8) is 0 Å². The normalized spacial score (nSPS) is 8.20. The smallest absolute Gasteiger partial charge is 0.468 e. The number of aromatic nitrogens is 2. The Labute approximate surface area is 109 Å². The monoisotopic (exact) mass is 207 g/mol. The molecule has 1 rings (SSSR count). The molecule has 4 heteroatoms. The van der Waals surface area contributed by atoms with Gasteiger partial charge in [0, 0.05) is 5.69 Å². The molecule has 1 heterocycles. The minimum atomic E-state index is 0. The molecule has 10 heavy (non-hydrogen) atoms. The van der Waals surface area contributed by atoms with Crippen molar-refractivity contribution >= 4 is 5.82 Å². The standard InChI is InChI=1S/C6H8N3.Rb/c1-5-3-4-6(7-2)9-8-5;/h3-4H,1-2H3;/q-1;+1. The second-order valence-electron chi connectivity index (χ2n) is 1.76. The summed E-state index contributed by atoms with van der Waals surface area (Å²) in [6, 6.07) is 3.72. The molecule has 0 radical (unpaired) electrons. The molecule has 0 N–H and O–H groups in total. The second kappa shape index (κ2) is 5.35. The molecule has 0 aliphatic heterocycles. The van der Waals surface area contributed by atoms with Gasteiger partial charge in [-0.05, 0) is 18.8 Å². The van der Waals surface area contributed by atoms with Crippen LogP contribution in [0.4, 0.5) is 5.82 Å². The zero-order chi connectivity index (χ0) is 6.69. The van der Waals surface area contributed by atoms with Gasteiger partial charge in [0.1, 0.15) is 0 Å². The fourth-order valence-corrected chi connectivity index (χ4v) is 0.511. The van der Waals surface area contributed by atoms with Gasteiger partial charge in [-0.1, -0.05) is 13.1 Å². The quantitative estimate of drug-likeness (QED) is 0.558. The van der Waals surface area contributed by atoms with Gasteiger partial charge in [-0.3, -0.25) is 5.10 Å². The summed E-state index contributed by atoms with van der Waals surface area (Å²) in [4.78, 5) is 0. The van der Waals surface area contributed by atoms with Crippen LogP contribution in [0.3, 0.4) is 0 Å². The molecule has 0 saturated heterocycles. The minimum Gasteiger partial charge on any atom is -0.468 e. The predicted molar refractivity (Wildman–Crippen MR) is 35.7 cm³/mol. The number of aryl methyl sites for hydroxylation is 1. The molecule has 0 spiro atoms. The molecule has 3 nitrogen and oxygen atoms in total. The molecule has 0 bridgehead atoms. The Morgan fingerprint density at radius 2 is 2.00 bits per heavy atom. The zero-order valence-corrected chi connectivity index (χ0v) is 11.4. The van der Waals surface area contributed by atoms with E-state index < -0.39 is 0 Å². The van der Waals surface area contributed by atoms with E-state index >= 15 is 0 Å². The largest absolute Gasteiger partial charge is 1.00 e. The van der Waals surface area contributed by atoms with Crippen LogP contribution in [-0.2, 0) is 0 Å². The van der Waals surface area contributed by atoms with E-state index in [-0.39, 0.29) is 58.2 Å². The van der Waals surface area contributed by atoms with Crippen molar-refractivity contribution in [2.45, 2.75) is 6.92 Å². The summed E-state index contributed by atoms with van der Waals surface area (Å²) in [6.45, 7) is 1.90. The molecule has 0 atom stereocenters. The van der Waals surface area contributed by atoms with E-state index in [1.54, 1.807) is 7.05 Å². The Hall–Kier alpha value is 0.685. The van der Waals surface area contributed by atoms with E-state index in [1.807, 2.05) is 19.1 Å². The molecule has 0 amide bonds. The van der Waals surface area contributed by atoms with Gasteiger partial charge in [0.2, 0.25) is 0 Å². The third kappa shape index (κ3) is 3.19. The van der Waals surface area contributed by atoms with Crippen LogP contribution < -0.4 is 58.2 Å². The second-order valence-corrected chi connectivity index (χ2v) is 1.76. The van der Waals surface area contributed by atoms with E-state index in [0.29, 0.717) is 5.82 Å². The average Bonchev–Trinajstić information content (AvgIpc) is 1.90. The van der Waals surface area contributed by atoms with Crippen molar-refractivity contribution in [2.75, 3.05) is 7.05 Å². The van der Waals surface area contributed by atoms with Gasteiger partial charge in [0.15, 0.2) is 0 Å². The summed E-state index contributed by atoms with van der Waals surface area (Å²) < 4.78 is 0. The molecule has 0 unspecified atom stereocenters. The Balaban J connectivity index is 0.000000810. The fourth-order valence-electron chi connectivity index (χ4n) is 0.511. The third-order valence-electron chi connectivity index (χ3n) is 1.01. The van der Waals surface area contributed by atoms with E-state index in [2.05, 4.69) is 15.5 Å². The number of hydrogen-bond donors (Lipinski definition) is 0. The molecule has 0 fully saturated rings. The number of rotatable bonds is 1. The van der Waals surface area contributed by atoms with Crippen LogP contribution in [0, 0.1) is 6.92 Å². The first-order valence-corrected chi connectivity index (χ1v) is 2.73. The Morgan fingerprint density at radius 1 is 1.30 bits per heavy atom. The maximum absolute atomic E-state index is 3.84. The predicted octanol–water partition coefficient (Wildman–Crippen LogP) is -1.58. The molecule has 1 aromatic rings. The van der Waals surface area contributed by atoms with Crippen molar-refractivity contribution in [1.82, 2.24) is 10.2 Å². The summed E-state index contributed by atoms with van der Waals surface area (Å²) in [5.74, 6) is 0.681. The first-order valence-electron chi connectivity index (χ1n) is 2.73. The summed E-state index contributed by atoms with van der Waals surface area (Å²) >= 11 is 0. The zero-order valence-electron chi connectivity index (χ0n) is 6.50. The van der Waals surface area contributed by atoms with E-state index in [0.717, 1.165) is 5.69 Å². The van der Waals surface area contributed by atoms with Gasteiger partial charge < -0.3 is 10.4 Å². The van der Waals surface area contributed by atoms with Crippen LogP contribution in [0.25, 0.3) is 5.32 Å². The Kier molecular flexibility index (Phi) is 5.72. The molecule has 0 saturated carbocycles. The molecule has 1 aromatic heterocycles. The fraction of sp³-hybridized carbons (Fsp3) is 0.333. The maximum Gasteiger partial charge on any atom is 1.00 e. The summed E-state index contributed by atoms with van der Waals surface area (Å²) in [5.41, 5.74) is 0.919. The minimum absolute atomic E-state index is 0. The Morgan fingerprint density at radius 3 is 2.40 bits per heavy atom.